The van der Waals surface area contributed by atoms with E-state index >= 15 is 0 Å². The van der Waals surface area contributed by atoms with Crippen molar-refractivity contribution in [1.82, 2.24) is 10.9 Å². The van der Waals surface area contributed by atoms with Gasteiger partial charge < -0.3 is 4.74 Å². The number of hydrazine groups is 1. The molecule has 0 fully saturated rings. The van der Waals surface area contributed by atoms with Crippen LogP contribution < -0.4 is 10.9 Å². The van der Waals surface area contributed by atoms with Crippen molar-refractivity contribution in [2.45, 2.75) is 13.0 Å². The van der Waals surface area contributed by atoms with E-state index in [9.17, 15) is 9.59 Å². The maximum atomic E-state index is 11.6. The predicted molar refractivity (Wildman–Crippen MR) is 73.9 cm³/mol. The Bertz CT molecular complexity index is 503. The Hall–Kier alpha value is -1.86. The van der Waals surface area contributed by atoms with Gasteiger partial charge in [0.05, 0.1) is 9.75 Å². The lowest BCUT2D eigenvalue weighted by molar-refractivity contribution is -0.119. The van der Waals surface area contributed by atoms with E-state index in [1.54, 1.807) is 0 Å². The summed E-state index contributed by atoms with van der Waals surface area (Å²) >= 11 is 3.02. The Morgan fingerprint density at radius 2 is 1.68 bits per heavy atom. The molecule has 5 nitrogen and oxygen atoms in total. The van der Waals surface area contributed by atoms with Crippen LogP contribution in [0.3, 0.4) is 0 Å². The molecule has 0 atom stereocenters. The molecule has 0 aromatic carbocycles. The molecule has 0 radical (unpaired) electrons. The molecule has 2 amide bonds. The fraction of sp³-hybridized carbons (Fsp3) is 0.167. The van der Waals surface area contributed by atoms with E-state index in [1.807, 2.05) is 35.0 Å². The zero-order chi connectivity index (χ0) is 13.7. The summed E-state index contributed by atoms with van der Waals surface area (Å²) < 4.78 is 5.35. The molecular weight excluding hydrogens is 284 g/mol. The standard InChI is InChI=1S/C12H12N2O3S2/c1-8(15)13-14-12(16)17-11(9-4-2-6-18-9)10-5-3-7-19-10/h2-7,11H,1H3,(H,13,15)(H,14,16). The lowest BCUT2D eigenvalue weighted by Crippen LogP contribution is -2.41. The second kappa shape index (κ2) is 6.35. The molecule has 0 unspecified atom stereocenters. The minimum absolute atomic E-state index is 0.360. The number of carbonyl (C=O) groups is 2. The van der Waals surface area contributed by atoms with Crippen LogP contribution in [-0.4, -0.2) is 12.0 Å². The maximum absolute atomic E-state index is 11.6. The van der Waals surface area contributed by atoms with Crippen molar-refractivity contribution in [1.29, 1.82) is 0 Å². The first-order chi connectivity index (χ1) is 9.16. The summed E-state index contributed by atoms with van der Waals surface area (Å²) in [5.41, 5.74) is 4.37. The van der Waals surface area contributed by atoms with Crippen LogP contribution in [-0.2, 0) is 9.53 Å². The van der Waals surface area contributed by atoms with Crippen molar-refractivity contribution < 1.29 is 14.3 Å². The Balaban J connectivity index is 2.07. The highest BCUT2D eigenvalue weighted by Gasteiger charge is 2.21. The van der Waals surface area contributed by atoms with E-state index < -0.39 is 12.2 Å². The van der Waals surface area contributed by atoms with Gasteiger partial charge in [-0.15, -0.1) is 22.7 Å². The molecule has 0 spiro atoms. The predicted octanol–water partition coefficient (Wildman–Crippen LogP) is 2.68. The third-order valence-corrected chi connectivity index (χ3v) is 4.00. The summed E-state index contributed by atoms with van der Waals surface area (Å²) in [6.45, 7) is 1.30. The second-order valence-electron chi connectivity index (χ2n) is 3.62. The molecule has 2 rings (SSSR count). The number of thiophene rings is 2. The first-order valence-corrected chi connectivity index (χ1v) is 7.23. The topological polar surface area (TPSA) is 67.4 Å². The van der Waals surface area contributed by atoms with E-state index in [4.69, 9.17) is 4.74 Å². The van der Waals surface area contributed by atoms with Gasteiger partial charge in [0.1, 0.15) is 0 Å². The minimum atomic E-state index is -0.693. The Morgan fingerprint density at radius 3 is 2.11 bits per heavy atom. The molecule has 0 aliphatic heterocycles. The van der Waals surface area contributed by atoms with E-state index in [0.717, 1.165) is 9.75 Å². The van der Waals surface area contributed by atoms with Crippen molar-refractivity contribution in [2.75, 3.05) is 0 Å². The number of nitrogens with one attached hydrogen (secondary N) is 2. The number of amides is 2. The molecule has 2 aromatic rings. The molecule has 2 heterocycles. The van der Waals surface area contributed by atoms with Crippen molar-refractivity contribution in [3.8, 4) is 0 Å². The van der Waals surface area contributed by atoms with Crippen LogP contribution in [0.2, 0.25) is 0 Å². The number of carbonyl (C=O) groups excluding carboxylic acids is 2. The van der Waals surface area contributed by atoms with Crippen molar-refractivity contribution in [3.63, 3.8) is 0 Å². The van der Waals surface area contributed by atoms with Gasteiger partial charge in [0, 0.05) is 6.92 Å². The van der Waals surface area contributed by atoms with Crippen LogP contribution in [0.5, 0.6) is 0 Å². The van der Waals surface area contributed by atoms with Gasteiger partial charge in [-0.25, -0.2) is 10.2 Å². The number of hydrogen-bond donors (Lipinski definition) is 2. The normalized spacial score (nSPS) is 10.2. The van der Waals surface area contributed by atoms with Gasteiger partial charge in [-0.1, -0.05) is 12.1 Å². The van der Waals surface area contributed by atoms with Crippen LogP contribution in [0.15, 0.2) is 35.0 Å². The van der Waals surface area contributed by atoms with Gasteiger partial charge in [0.15, 0.2) is 6.10 Å². The van der Waals surface area contributed by atoms with Gasteiger partial charge >= 0.3 is 6.09 Å². The SMILES string of the molecule is CC(=O)NNC(=O)OC(c1cccs1)c1cccs1. The largest absolute Gasteiger partial charge is 0.433 e. The molecular formula is C12H12N2O3S2. The average Bonchev–Trinajstić information content (AvgIpc) is 3.05. The lowest BCUT2D eigenvalue weighted by atomic mass is 10.2. The molecule has 7 heteroatoms. The smallest absolute Gasteiger partial charge is 0.427 e. The highest BCUT2D eigenvalue weighted by atomic mass is 32.1. The summed E-state index contributed by atoms with van der Waals surface area (Å²) in [6.07, 6.45) is -1.14. The minimum Gasteiger partial charge on any atom is -0.433 e. The van der Waals surface area contributed by atoms with Gasteiger partial charge in [0.2, 0.25) is 5.91 Å². The van der Waals surface area contributed by atoms with Gasteiger partial charge in [0.25, 0.3) is 0 Å². The second-order valence-corrected chi connectivity index (χ2v) is 5.58. The maximum Gasteiger partial charge on any atom is 0.427 e. The Labute approximate surface area is 118 Å². The lowest BCUT2D eigenvalue weighted by Gasteiger charge is -2.15. The molecule has 0 aliphatic rings. The third kappa shape index (κ3) is 3.80. The van der Waals surface area contributed by atoms with Crippen molar-refractivity contribution in [3.05, 3.63) is 44.8 Å². The summed E-state index contributed by atoms with van der Waals surface area (Å²) in [6, 6.07) is 7.60. The molecule has 0 bridgehead atoms. The first-order valence-electron chi connectivity index (χ1n) is 5.47. The Morgan fingerprint density at radius 1 is 1.11 bits per heavy atom. The van der Waals surface area contributed by atoms with Crippen molar-refractivity contribution >= 4 is 34.7 Å². The quantitative estimate of drug-likeness (QED) is 0.856. The van der Waals surface area contributed by atoms with E-state index in [0.29, 0.717) is 0 Å². The number of hydrogen-bond acceptors (Lipinski definition) is 5. The zero-order valence-electron chi connectivity index (χ0n) is 10.1. The summed E-state index contributed by atoms with van der Waals surface area (Å²) in [5, 5.41) is 3.84. The van der Waals surface area contributed by atoms with Crippen LogP contribution in [0.25, 0.3) is 0 Å². The molecule has 0 aliphatic carbocycles. The molecule has 2 N–H and O–H groups in total. The monoisotopic (exact) mass is 296 g/mol. The van der Waals surface area contributed by atoms with Crippen LogP contribution in [0.4, 0.5) is 4.79 Å². The molecule has 0 saturated heterocycles. The fourth-order valence-corrected chi connectivity index (χ4v) is 3.03. The molecule has 100 valence electrons. The molecule has 19 heavy (non-hydrogen) atoms. The van der Waals surface area contributed by atoms with Gasteiger partial charge in [-0.3, -0.25) is 10.2 Å². The third-order valence-electron chi connectivity index (χ3n) is 2.17. The highest BCUT2D eigenvalue weighted by Crippen LogP contribution is 2.32. The van der Waals surface area contributed by atoms with E-state index in [1.165, 1.54) is 29.6 Å². The average molecular weight is 296 g/mol. The Kier molecular flexibility index (Phi) is 4.53. The highest BCUT2D eigenvalue weighted by molar-refractivity contribution is 7.11. The van der Waals surface area contributed by atoms with Crippen LogP contribution in [0.1, 0.15) is 22.8 Å². The van der Waals surface area contributed by atoms with Gasteiger partial charge in [-0.2, -0.15) is 0 Å². The van der Waals surface area contributed by atoms with E-state index in [2.05, 4.69) is 10.9 Å². The summed E-state index contributed by atoms with van der Waals surface area (Å²) in [5.74, 6) is -0.360. The fourth-order valence-electron chi connectivity index (χ4n) is 1.41. The molecule has 2 aromatic heterocycles. The first kappa shape index (κ1) is 13.6. The summed E-state index contributed by atoms with van der Waals surface area (Å²) in [4.78, 5) is 24.2. The summed E-state index contributed by atoms with van der Waals surface area (Å²) in [7, 11) is 0. The van der Waals surface area contributed by atoms with Crippen LogP contribution >= 0.6 is 22.7 Å². The van der Waals surface area contributed by atoms with Crippen LogP contribution in [0, 0.1) is 0 Å². The van der Waals surface area contributed by atoms with E-state index in [-0.39, 0.29) is 5.91 Å². The zero-order valence-corrected chi connectivity index (χ0v) is 11.7. The number of ether oxygens (including phenoxy) is 1. The number of rotatable bonds is 3. The van der Waals surface area contributed by atoms with Crippen molar-refractivity contribution in [2.24, 2.45) is 0 Å². The van der Waals surface area contributed by atoms with Gasteiger partial charge in [-0.05, 0) is 22.9 Å². The molecule has 0 saturated carbocycles.